The molecule has 0 unspecified atom stereocenters. The average molecular weight is 419 g/mol. The second kappa shape index (κ2) is 7.61. The van der Waals surface area contributed by atoms with E-state index in [0.29, 0.717) is 45.0 Å². The summed E-state index contributed by atoms with van der Waals surface area (Å²) in [4.78, 5) is 13.5. The Hall–Kier alpha value is -4.12. The van der Waals surface area contributed by atoms with Crippen LogP contribution in [-0.2, 0) is 7.05 Å². The molecule has 0 bridgehead atoms. The van der Waals surface area contributed by atoms with Crippen LogP contribution in [0.25, 0.3) is 10.9 Å². The molecule has 2 N–H and O–H groups in total. The lowest BCUT2D eigenvalue weighted by atomic mass is 9.82. The molecule has 1 aliphatic heterocycles. The van der Waals surface area contributed by atoms with Crippen LogP contribution in [0, 0.1) is 11.3 Å². The maximum absolute atomic E-state index is 13.5. The highest BCUT2D eigenvalue weighted by atomic mass is 16.5. The van der Waals surface area contributed by atoms with E-state index in [1.807, 2.05) is 24.3 Å². The van der Waals surface area contributed by atoms with Gasteiger partial charge in [-0.15, -0.1) is 0 Å². The van der Waals surface area contributed by atoms with E-state index in [9.17, 15) is 10.1 Å². The van der Waals surface area contributed by atoms with Crippen molar-refractivity contribution < 1.29 is 18.9 Å². The number of para-hydroxylation sites is 1. The number of hydrogen-bond acceptors (Lipinski definition) is 7. The fourth-order valence-electron chi connectivity index (χ4n) is 4.02. The van der Waals surface area contributed by atoms with Crippen LogP contribution in [-0.4, -0.2) is 25.9 Å². The zero-order chi connectivity index (χ0) is 22.3. The summed E-state index contributed by atoms with van der Waals surface area (Å²) in [5.74, 6) is 0.766. The number of nitrogens with zero attached hydrogens (tertiary/aromatic N) is 2. The first kappa shape index (κ1) is 20.2. The number of hydrogen-bond donors (Lipinski definition) is 1. The molecule has 31 heavy (non-hydrogen) atoms. The monoisotopic (exact) mass is 419 g/mol. The van der Waals surface area contributed by atoms with Crippen LogP contribution in [0.1, 0.15) is 17.0 Å². The molecule has 1 aromatic heterocycles. The number of nitriles is 1. The molecule has 0 saturated carbocycles. The Morgan fingerprint density at radius 3 is 2.35 bits per heavy atom. The van der Waals surface area contributed by atoms with E-state index in [0.717, 1.165) is 0 Å². The van der Waals surface area contributed by atoms with Gasteiger partial charge in [0.25, 0.3) is 5.56 Å². The average Bonchev–Trinajstić information content (AvgIpc) is 2.80. The molecule has 0 radical (unpaired) electrons. The van der Waals surface area contributed by atoms with Gasteiger partial charge in [-0.2, -0.15) is 5.26 Å². The van der Waals surface area contributed by atoms with Gasteiger partial charge in [-0.25, -0.2) is 0 Å². The first-order valence-electron chi connectivity index (χ1n) is 9.45. The Morgan fingerprint density at radius 2 is 1.71 bits per heavy atom. The first-order chi connectivity index (χ1) is 15.0. The van der Waals surface area contributed by atoms with Crippen molar-refractivity contribution in [3.05, 3.63) is 69.3 Å². The van der Waals surface area contributed by atoms with E-state index in [4.69, 9.17) is 24.7 Å². The number of pyridine rings is 1. The fraction of sp³-hybridized carbons (Fsp3) is 0.217. The third-order valence-electron chi connectivity index (χ3n) is 5.51. The van der Waals surface area contributed by atoms with E-state index < -0.39 is 5.92 Å². The minimum absolute atomic E-state index is 0.0600. The van der Waals surface area contributed by atoms with Gasteiger partial charge < -0.3 is 29.2 Å². The lowest BCUT2D eigenvalue weighted by Gasteiger charge is -2.29. The maximum Gasteiger partial charge on any atom is 0.258 e. The first-order valence-corrected chi connectivity index (χ1v) is 9.45. The van der Waals surface area contributed by atoms with Gasteiger partial charge in [-0.3, -0.25) is 4.79 Å². The van der Waals surface area contributed by atoms with Crippen LogP contribution < -0.4 is 30.2 Å². The molecule has 8 heteroatoms. The second-order valence-electron chi connectivity index (χ2n) is 7.00. The molecule has 0 amide bonds. The van der Waals surface area contributed by atoms with Crippen LogP contribution in [0.3, 0.4) is 0 Å². The molecule has 158 valence electrons. The number of aromatic nitrogens is 1. The SMILES string of the molecule is COc1cc(OC)c([C@H]2C(C#N)=C(N)Oc3c2c(=O)n(C)c2ccccc32)cc1OC. The summed E-state index contributed by atoms with van der Waals surface area (Å²) in [5.41, 5.74) is 7.51. The Kier molecular flexibility index (Phi) is 4.95. The zero-order valence-electron chi connectivity index (χ0n) is 17.6. The number of nitrogens with two attached hydrogens (primary N) is 1. The van der Waals surface area contributed by atoms with Gasteiger partial charge in [0.1, 0.15) is 23.1 Å². The summed E-state index contributed by atoms with van der Waals surface area (Å²) in [6.45, 7) is 0. The predicted molar refractivity (Wildman–Crippen MR) is 115 cm³/mol. The highest BCUT2D eigenvalue weighted by Gasteiger charge is 2.37. The van der Waals surface area contributed by atoms with E-state index >= 15 is 0 Å². The molecular weight excluding hydrogens is 398 g/mol. The van der Waals surface area contributed by atoms with E-state index in [2.05, 4.69) is 6.07 Å². The van der Waals surface area contributed by atoms with Crippen LogP contribution in [0.5, 0.6) is 23.0 Å². The molecule has 1 atom stereocenters. The molecule has 2 aromatic carbocycles. The third-order valence-corrected chi connectivity index (χ3v) is 5.51. The van der Waals surface area contributed by atoms with Crippen molar-refractivity contribution in [2.45, 2.75) is 5.92 Å². The number of allylic oxidation sites excluding steroid dienone is 1. The summed E-state index contributed by atoms with van der Waals surface area (Å²) in [6.07, 6.45) is 0. The van der Waals surface area contributed by atoms with Crippen molar-refractivity contribution in [1.82, 2.24) is 4.57 Å². The van der Waals surface area contributed by atoms with Crippen LogP contribution in [0.15, 0.2) is 52.6 Å². The molecule has 0 fully saturated rings. The number of rotatable bonds is 4. The minimum Gasteiger partial charge on any atom is -0.496 e. The van der Waals surface area contributed by atoms with Gasteiger partial charge in [0, 0.05) is 24.1 Å². The number of fused-ring (bicyclic) bond motifs is 3. The summed E-state index contributed by atoms with van der Waals surface area (Å²) in [5, 5.41) is 10.6. The lowest BCUT2D eigenvalue weighted by molar-refractivity contribution is 0.346. The van der Waals surface area contributed by atoms with Crippen molar-refractivity contribution in [3.63, 3.8) is 0 Å². The maximum atomic E-state index is 13.5. The van der Waals surface area contributed by atoms with Crippen molar-refractivity contribution >= 4 is 10.9 Å². The van der Waals surface area contributed by atoms with Gasteiger partial charge in [0.05, 0.1) is 38.3 Å². The highest BCUT2D eigenvalue weighted by molar-refractivity contribution is 5.88. The van der Waals surface area contributed by atoms with E-state index in [1.165, 1.54) is 25.9 Å². The molecule has 4 rings (SSSR count). The lowest BCUT2D eigenvalue weighted by Crippen LogP contribution is -2.31. The van der Waals surface area contributed by atoms with Gasteiger partial charge in [0.15, 0.2) is 11.5 Å². The number of aryl methyl sites for hydroxylation is 1. The third kappa shape index (κ3) is 2.94. The van der Waals surface area contributed by atoms with Crippen molar-refractivity contribution in [3.8, 4) is 29.1 Å². The molecule has 0 saturated heterocycles. The Morgan fingerprint density at radius 1 is 1.06 bits per heavy atom. The Labute approximate surface area is 178 Å². The smallest absolute Gasteiger partial charge is 0.258 e. The molecule has 0 spiro atoms. The summed E-state index contributed by atoms with van der Waals surface area (Å²) >= 11 is 0. The predicted octanol–water partition coefficient (Wildman–Crippen LogP) is 2.78. The summed E-state index contributed by atoms with van der Waals surface area (Å²) in [7, 11) is 6.21. The molecule has 8 nitrogen and oxygen atoms in total. The van der Waals surface area contributed by atoms with Crippen molar-refractivity contribution in [2.24, 2.45) is 12.8 Å². The van der Waals surface area contributed by atoms with Crippen molar-refractivity contribution in [1.29, 1.82) is 5.26 Å². The largest absolute Gasteiger partial charge is 0.496 e. The van der Waals surface area contributed by atoms with E-state index in [1.54, 1.807) is 19.2 Å². The fourth-order valence-corrected chi connectivity index (χ4v) is 4.02. The number of methoxy groups -OCH3 is 3. The quantitative estimate of drug-likeness (QED) is 0.693. The molecule has 3 aromatic rings. The molecule has 0 aliphatic carbocycles. The van der Waals surface area contributed by atoms with Gasteiger partial charge in [-0.05, 0) is 18.2 Å². The highest BCUT2D eigenvalue weighted by Crippen LogP contribution is 2.48. The molecule has 1 aliphatic rings. The minimum atomic E-state index is -0.813. The van der Waals surface area contributed by atoms with Crippen molar-refractivity contribution in [2.75, 3.05) is 21.3 Å². The summed E-state index contributed by atoms with van der Waals surface area (Å²) in [6, 6.07) is 12.8. The molecular formula is C23H21N3O5. The van der Waals surface area contributed by atoms with Crippen LogP contribution >= 0.6 is 0 Å². The zero-order valence-corrected chi connectivity index (χ0v) is 17.6. The summed E-state index contributed by atoms with van der Waals surface area (Å²) < 4.78 is 23.8. The van der Waals surface area contributed by atoms with Gasteiger partial charge in [-0.1, -0.05) is 12.1 Å². The van der Waals surface area contributed by atoms with Crippen LogP contribution in [0.4, 0.5) is 0 Å². The Bertz CT molecular complexity index is 1330. The topological polar surface area (TPSA) is 109 Å². The van der Waals surface area contributed by atoms with Gasteiger partial charge >= 0.3 is 0 Å². The number of ether oxygens (including phenoxy) is 4. The normalized spacial score (nSPS) is 15.1. The molecule has 2 heterocycles. The number of benzene rings is 2. The second-order valence-corrected chi connectivity index (χ2v) is 7.00. The van der Waals surface area contributed by atoms with Gasteiger partial charge in [0.2, 0.25) is 5.88 Å². The standard InChI is InChI=1S/C23H21N3O5/c1-26-15-8-6-5-7-12(15)21-20(23(26)27)19(14(11-24)22(25)31-21)13-9-17(29-3)18(30-4)10-16(13)28-2/h5-10,19H,25H2,1-4H3/t19-/m0/s1. The van der Waals surface area contributed by atoms with Crippen LogP contribution in [0.2, 0.25) is 0 Å². The van der Waals surface area contributed by atoms with E-state index in [-0.39, 0.29) is 17.0 Å². The Balaban J connectivity index is 2.14.